The van der Waals surface area contributed by atoms with Gasteiger partial charge in [0.05, 0.1) is 0 Å². The lowest BCUT2D eigenvalue weighted by atomic mass is 10.1. The van der Waals surface area contributed by atoms with Crippen molar-refractivity contribution in [2.45, 2.75) is 39.2 Å². The number of nitrogens with two attached hydrogens (primary N) is 1. The van der Waals surface area contributed by atoms with Crippen LogP contribution >= 0.6 is 11.3 Å². The van der Waals surface area contributed by atoms with Gasteiger partial charge in [0.1, 0.15) is 5.01 Å². The number of benzene rings is 1. The Balaban J connectivity index is 1.90. The number of aromatic nitrogens is 2. The first-order chi connectivity index (χ1) is 10.6. The van der Waals surface area contributed by atoms with E-state index >= 15 is 0 Å². The van der Waals surface area contributed by atoms with Gasteiger partial charge in [-0.3, -0.25) is 0 Å². The van der Waals surface area contributed by atoms with Crippen LogP contribution in [0.1, 0.15) is 37.3 Å². The van der Waals surface area contributed by atoms with Gasteiger partial charge < -0.3 is 16.4 Å². The molecule has 1 aromatic carbocycles. The Morgan fingerprint density at radius 1 is 1.23 bits per heavy atom. The first kappa shape index (κ1) is 16.2. The predicted molar refractivity (Wildman–Crippen MR) is 90.1 cm³/mol. The highest BCUT2D eigenvalue weighted by Crippen LogP contribution is 2.17. The summed E-state index contributed by atoms with van der Waals surface area (Å²) in [5.74, 6) is 0. The molecule has 0 saturated carbocycles. The third-order valence-electron chi connectivity index (χ3n) is 3.37. The third-order valence-corrected chi connectivity index (χ3v) is 4.12. The van der Waals surface area contributed by atoms with Crippen molar-refractivity contribution in [3.8, 4) is 0 Å². The van der Waals surface area contributed by atoms with Crippen molar-refractivity contribution in [2.75, 3.05) is 11.1 Å². The van der Waals surface area contributed by atoms with Gasteiger partial charge >= 0.3 is 6.03 Å². The van der Waals surface area contributed by atoms with Crippen LogP contribution in [-0.4, -0.2) is 22.3 Å². The van der Waals surface area contributed by atoms with Crippen LogP contribution in [0.4, 0.5) is 15.6 Å². The topological polar surface area (TPSA) is 92.9 Å². The lowest BCUT2D eigenvalue weighted by Gasteiger charge is -2.15. The zero-order valence-electron chi connectivity index (χ0n) is 12.8. The van der Waals surface area contributed by atoms with Crippen LogP contribution in [0.25, 0.3) is 0 Å². The molecule has 7 heteroatoms. The lowest BCUT2D eigenvalue weighted by Crippen LogP contribution is -2.37. The second kappa shape index (κ2) is 7.74. The molecule has 0 spiro atoms. The molecule has 2 amide bonds. The van der Waals surface area contributed by atoms with Crippen LogP contribution < -0.4 is 16.4 Å². The highest BCUT2D eigenvalue weighted by molar-refractivity contribution is 7.15. The van der Waals surface area contributed by atoms with Crippen molar-refractivity contribution in [2.24, 2.45) is 0 Å². The maximum absolute atomic E-state index is 11.9. The minimum Gasteiger partial charge on any atom is -0.374 e. The average Bonchev–Trinajstić information content (AvgIpc) is 2.92. The van der Waals surface area contributed by atoms with E-state index in [2.05, 4.69) is 34.7 Å². The second-order valence-corrected chi connectivity index (χ2v) is 6.11. The van der Waals surface area contributed by atoms with Gasteiger partial charge in [-0.25, -0.2) is 4.79 Å². The molecule has 6 nitrogen and oxygen atoms in total. The molecule has 1 aromatic heterocycles. The summed E-state index contributed by atoms with van der Waals surface area (Å²) in [6.45, 7) is 4.12. The van der Waals surface area contributed by atoms with Gasteiger partial charge in [-0.15, -0.1) is 10.2 Å². The van der Waals surface area contributed by atoms with E-state index < -0.39 is 0 Å². The fraction of sp³-hybridized carbons (Fsp3) is 0.400. The molecule has 118 valence electrons. The SMILES string of the molecule is CCC(CC)NC(=O)Nc1ccc(Cc2nnc(N)s2)cc1. The highest BCUT2D eigenvalue weighted by atomic mass is 32.1. The Morgan fingerprint density at radius 3 is 2.45 bits per heavy atom. The smallest absolute Gasteiger partial charge is 0.319 e. The lowest BCUT2D eigenvalue weighted by molar-refractivity contribution is 0.247. The standard InChI is InChI=1S/C15H21N5OS/c1-3-11(4-2)17-15(21)18-12-7-5-10(6-8-12)9-13-19-20-14(16)22-13/h5-8,11H,3-4,9H2,1-2H3,(H2,16,20)(H2,17,18,21). The largest absolute Gasteiger partial charge is 0.374 e. The van der Waals surface area contributed by atoms with Crippen molar-refractivity contribution in [1.29, 1.82) is 0 Å². The molecule has 0 bridgehead atoms. The molecule has 2 rings (SSSR count). The van der Waals surface area contributed by atoms with Crippen LogP contribution in [0.5, 0.6) is 0 Å². The molecule has 0 atom stereocenters. The van der Waals surface area contributed by atoms with E-state index in [0.717, 1.165) is 29.1 Å². The van der Waals surface area contributed by atoms with E-state index in [0.29, 0.717) is 11.6 Å². The number of nitrogens with zero attached hydrogens (tertiary/aromatic N) is 2. The maximum atomic E-state index is 11.9. The summed E-state index contributed by atoms with van der Waals surface area (Å²) in [5, 5.41) is 14.9. The normalized spacial score (nSPS) is 10.7. The molecule has 0 aliphatic heterocycles. The minimum atomic E-state index is -0.168. The molecule has 0 aliphatic rings. The molecule has 2 aromatic rings. The van der Waals surface area contributed by atoms with Crippen LogP contribution in [-0.2, 0) is 6.42 Å². The Morgan fingerprint density at radius 2 is 1.91 bits per heavy atom. The minimum absolute atomic E-state index is 0.168. The van der Waals surface area contributed by atoms with Gasteiger partial charge in [-0.05, 0) is 30.5 Å². The number of amides is 2. The second-order valence-electron chi connectivity index (χ2n) is 5.02. The van der Waals surface area contributed by atoms with Crippen LogP contribution in [0, 0.1) is 0 Å². The molecule has 0 fully saturated rings. The molecule has 22 heavy (non-hydrogen) atoms. The number of nitrogens with one attached hydrogen (secondary N) is 2. The number of nitrogen functional groups attached to an aromatic ring is 1. The maximum Gasteiger partial charge on any atom is 0.319 e. The third kappa shape index (κ3) is 4.70. The van der Waals surface area contributed by atoms with Gasteiger partial charge in [-0.2, -0.15) is 0 Å². The fourth-order valence-corrected chi connectivity index (χ4v) is 2.71. The molecule has 0 unspecified atom stereocenters. The summed E-state index contributed by atoms with van der Waals surface area (Å²) in [6.07, 6.45) is 2.54. The van der Waals surface area contributed by atoms with Crippen molar-refractivity contribution < 1.29 is 4.79 Å². The summed E-state index contributed by atoms with van der Waals surface area (Å²) in [7, 11) is 0. The number of urea groups is 1. The van der Waals surface area contributed by atoms with Gasteiger partial charge in [0.15, 0.2) is 0 Å². The molecular weight excluding hydrogens is 298 g/mol. The summed E-state index contributed by atoms with van der Waals surface area (Å²) in [4.78, 5) is 11.9. The highest BCUT2D eigenvalue weighted by Gasteiger charge is 2.08. The molecule has 0 aliphatic carbocycles. The van der Waals surface area contributed by atoms with Gasteiger partial charge in [0, 0.05) is 18.2 Å². The molecule has 0 radical (unpaired) electrons. The first-order valence-electron chi connectivity index (χ1n) is 7.35. The zero-order chi connectivity index (χ0) is 15.9. The quantitative estimate of drug-likeness (QED) is 0.763. The van der Waals surface area contributed by atoms with Gasteiger partial charge in [0.25, 0.3) is 0 Å². The Labute approximate surface area is 134 Å². The Bertz CT molecular complexity index is 607. The number of carbonyl (C=O) groups is 1. The van der Waals surface area contributed by atoms with Crippen molar-refractivity contribution in [3.05, 3.63) is 34.8 Å². The number of hydrogen-bond donors (Lipinski definition) is 3. The Hall–Kier alpha value is -2.15. The van der Waals surface area contributed by atoms with Crippen molar-refractivity contribution in [1.82, 2.24) is 15.5 Å². The van der Waals surface area contributed by atoms with E-state index in [1.807, 2.05) is 24.3 Å². The van der Waals surface area contributed by atoms with Crippen LogP contribution in [0.2, 0.25) is 0 Å². The Kier molecular flexibility index (Phi) is 5.71. The molecule has 0 saturated heterocycles. The van der Waals surface area contributed by atoms with Crippen molar-refractivity contribution >= 4 is 28.2 Å². The van der Waals surface area contributed by atoms with Crippen molar-refractivity contribution in [3.63, 3.8) is 0 Å². The van der Waals surface area contributed by atoms with E-state index in [9.17, 15) is 4.79 Å². The van der Waals surface area contributed by atoms with E-state index in [1.165, 1.54) is 11.3 Å². The molecular formula is C15H21N5OS. The summed E-state index contributed by atoms with van der Waals surface area (Å²) >= 11 is 1.39. The van der Waals surface area contributed by atoms with Gasteiger partial charge in [-0.1, -0.05) is 37.3 Å². The van der Waals surface area contributed by atoms with E-state index in [4.69, 9.17) is 5.73 Å². The monoisotopic (exact) mass is 319 g/mol. The number of anilines is 2. The van der Waals surface area contributed by atoms with E-state index in [1.54, 1.807) is 0 Å². The summed E-state index contributed by atoms with van der Waals surface area (Å²) < 4.78 is 0. The predicted octanol–water partition coefficient (Wildman–Crippen LogP) is 3.02. The van der Waals surface area contributed by atoms with Gasteiger partial charge in [0.2, 0.25) is 5.13 Å². The molecule has 1 heterocycles. The van der Waals surface area contributed by atoms with E-state index in [-0.39, 0.29) is 12.1 Å². The molecule has 4 N–H and O–H groups in total. The van der Waals surface area contributed by atoms with Crippen LogP contribution in [0.3, 0.4) is 0 Å². The average molecular weight is 319 g/mol. The summed E-state index contributed by atoms with van der Waals surface area (Å²) in [5.41, 5.74) is 7.43. The first-order valence-corrected chi connectivity index (χ1v) is 8.16. The number of carbonyl (C=O) groups excluding carboxylic acids is 1. The number of rotatable bonds is 6. The summed E-state index contributed by atoms with van der Waals surface area (Å²) in [6, 6.07) is 7.73. The number of hydrogen-bond acceptors (Lipinski definition) is 5. The zero-order valence-corrected chi connectivity index (χ0v) is 13.6. The fourth-order valence-electron chi connectivity index (χ4n) is 2.06. The van der Waals surface area contributed by atoms with Crippen LogP contribution in [0.15, 0.2) is 24.3 Å².